The predicted molar refractivity (Wildman–Crippen MR) is 99.0 cm³/mol. The van der Waals surface area contributed by atoms with E-state index in [-0.39, 0.29) is 5.88 Å². The van der Waals surface area contributed by atoms with Gasteiger partial charge in [0.15, 0.2) is 0 Å². The van der Waals surface area contributed by atoms with Crippen LogP contribution < -0.4 is 10.6 Å². The van der Waals surface area contributed by atoms with Gasteiger partial charge in [0.05, 0.1) is 5.69 Å². The number of hydrogen-bond donors (Lipinski definition) is 2. The zero-order chi connectivity index (χ0) is 17.1. The van der Waals surface area contributed by atoms with Crippen LogP contribution in [0.15, 0.2) is 54.6 Å². The first kappa shape index (κ1) is 16.6. The van der Waals surface area contributed by atoms with E-state index < -0.39 is 17.3 Å². The van der Waals surface area contributed by atoms with E-state index in [4.69, 9.17) is 23.2 Å². The van der Waals surface area contributed by atoms with Gasteiger partial charge < -0.3 is 5.32 Å². The summed E-state index contributed by atoms with van der Waals surface area (Å²) in [6, 6.07) is 17.0. The van der Waals surface area contributed by atoms with Crippen molar-refractivity contribution in [3.8, 4) is 0 Å². The molecule has 4 nitrogen and oxygen atoms in total. The number of fused-ring (bicyclic) bond motifs is 2. The standard InChI is InChI=1S/C18H14Cl2N2O2/c19-10-15(20)17(23)22-18(24)21-16-7-3-6-13-8-11-4-1-2-5-12(11)9-14(13)16/h1-9,15H,10H2,(H2,21,22,23,24). The molecule has 0 saturated heterocycles. The summed E-state index contributed by atoms with van der Waals surface area (Å²) in [7, 11) is 0. The lowest BCUT2D eigenvalue weighted by Crippen LogP contribution is -2.39. The highest BCUT2D eigenvalue weighted by Gasteiger charge is 2.17. The van der Waals surface area contributed by atoms with E-state index in [1.54, 1.807) is 6.07 Å². The Morgan fingerprint density at radius 1 is 0.958 bits per heavy atom. The molecule has 0 aromatic heterocycles. The van der Waals surface area contributed by atoms with E-state index in [0.717, 1.165) is 21.5 Å². The Balaban J connectivity index is 1.90. The molecule has 3 rings (SSSR count). The molecule has 2 N–H and O–H groups in total. The summed E-state index contributed by atoms with van der Waals surface area (Å²) in [6.45, 7) is 0. The van der Waals surface area contributed by atoms with E-state index in [0.29, 0.717) is 5.69 Å². The van der Waals surface area contributed by atoms with Gasteiger partial charge in [0.25, 0.3) is 0 Å². The van der Waals surface area contributed by atoms with Crippen LogP contribution in [0, 0.1) is 0 Å². The van der Waals surface area contributed by atoms with Gasteiger partial charge in [-0.1, -0.05) is 36.4 Å². The fraction of sp³-hybridized carbons (Fsp3) is 0.111. The van der Waals surface area contributed by atoms with Crippen LogP contribution in [0.2, 0.25) is 0 Å². The second kappa shape index (κ2) is 7.07. The summed E-state index contributed by atoms with van der Waals surface area (Å²) in [5, 5.41) is 7.98. The van der Waals surface area contributed by atoms with E-state index in [2.05, 4.69) is 16.7 Å². The van der Waals surface area contributed by atoms with E-state index in [1.807, 2.05) is 42.5 Å². The lowest BCUT2D eigenvalue weighted by molar-refractivity contribution is -0.119. The number of benzene rings is 3. The van der Waals surface area contributed by atoms with E-state index in [1.165, 1.54) is 0 Å². The maximum atomic E-state index is 12.0. The molecule has 0 spiro atoms. The number of imide groups is 1. The molecule has 0 aliphatic carbocycles. The van der Waals surface area contributed by atoms with Crippen LogP contribution in [-0.2, 0) is 4.79 Å². The Bertz CT molecular complexity index is 927. The Morgan fingerprint density at radius 3 is 2.33 bits per heavy atom. The number of carbonyl (C=O) groups is 2. The van der Waals surface area contributed by atoms with Gasteiger partial charge in [-0.05, 0) is 34.4 Å². The molecule has 0 aliphatic rings. The molecule has 0 bridgehead atoms. The number of alkyl halides is 2. The molecule has 0 radical (unpaired) electrons. The molecule has 1 atom stereocenters. The number of nitrogens with one attached hydrogen (secondary N) is 2. The molecule has 1 unspecified atom stereocenters. The first-order valence-electron chi connectivity index (χ1n) is 7.32. The number of carbonyl (C=O) groups excluding carboxylic acids is 2. The topological polar surface area (TPSA) is 58.2 Å². The highest BCUT2D eigenvalue weighted by molar-refractivity contribution is 6.37. The van der Waals surface area contributed by atoms with Gasteiger partial charge >= 0.3 is 6.03 Å². The van der Waals surface area contributed by atoms with Crippen LogP contribution in [0.5, 0.6) is 0 Å². The van der Waals surface area contributed by atoms with Gasteiger partial charge in [-0.25, -0.2) is 4.79 Å². The second-order valence-electron chi connectivity index (χ2n) is 5.29. The molecule has 24 heavy (non-hydrogen) atoms. The lowest BCUT2D eigenvalue weighted by Gasteiger charge is -2.11. The number of hydrogen-bond acceptors (Lipinski definition) is 2. The number of urea groups is 1. The van der Waals surface area contributed by atoms with Gasteiger partial charge in [0, 0.05) is 11.3 Å². The summed E-state index contributed by atoms with van der Waals surface area (Å²) >= 11 is 11.2. The number of halogens is 2. The second-order valence-corrected chi connectivity index (χ2v) is 6.13. The third-order valence-electron chi connectivity index (χ3n) is 3.65. The van der Waals surface area contributed by atoms with Crippen molar-refractivity contribution in [2.24, 2.45) is 0 Å². The molecule has 0 aliphatic heterocycles. The molecular weight excluding hydrogens is 347 g/mol. The SMILES string of the molecule is O=C(NC(=O)C(Cl)CCl)Nc1cccc2cc3ccccc3cc12. The van der Waals surface area contributed by atoms with E-state index in [9.17, 15) is 9.59 Å². The summed E-state index contributed by atoms with van der Waals surface area (Å²) in [5.74, 6) is -0.698. The average Bonchev–Trinajstić information content (AvgIpc) is 2.59. The van der Waals surface area contributed by atoms with Gasteiger partial charge in [0.1, 0.15) is 5.38 Å². The van der Waals surface area contributed by atoms with Gasteiger partial charge in [-0.3, -0.25) is 10.1 Å². The fourth-order valence-corrected chi connectivity index (χ4v) is 2.68. The maximum Gasteiger partial charge on any atom is 0.325 e. The summed E-state index contributed by atoms with van der Waals surface area (Å²) < 4.78 is 0. The monoisotopic (exact) mass is 360 g/mol. The van der Waals surface area contributed by atoms with E-state index >= 15 is 0 Å². The summed E-state index contributed by atoms with van der Waals surface area (Å²) in [6.07, 6.45) is 0. The van der Waals surface area contributed by atoms with Crippen molar-refractivity contribution in [3.63, 3.8) is 0 Å². The minimum absolute atomic E-state index is 0.0685. The first-order chi connectivity index (χ1) is 11.6. The van der Waals surface area contributed by atoms with Crippen molar-refractivity contribution in [2.45, 2.75) is 5.38 Å². The molecular formula is C18H14Cl2N2O2. The van der Waals surface area contributed by atoms with Gasteiger partial charge in [-0.15, -0.1) is 23.2 Å². The van der Waals surface area contributed by atoms with Crippen molar-refractivity contribution in [2.75, 3.05) is 11.2 Å². The minimum Gasteiger partial charge on any atom is -0.307 e. The molecule has 3 amide bonds. The average molecular weight is 361 g/mol. The van der Waals surface area contributed by atoms with Crippen molar-refractivity contribution in [3.05, 3.63) is 54.6 Å². The lowest BCUT2D eigenvalue weighted by atomic mass is 10.0. The van der Waals surface area contributed by atoms with Crippen LogP contribution in [0.25, 0.3) is 21.5 Å². The third-order valence-corrected chi connectivity index (χ3v) is 4.47. The highest BCUT2D eigenvalue weighted by Crippen LogP contribution is 2.28. The quantitative estimate of drug-likeness (QED) is 0.534. The molecule has 6 heteroatoms. The van der Waals surface area contributed by atoms with Crippen LogP contribution in [0.4, 0.5) is 10.5 Å². The normalized spacial score (nSPS) is 12.1. The predicted octanol–water partition coefficient (Wildman–Crippen LogP) is 4.49. The molecule has 0 heterocycles. The zero-order valence-corrected chi connectivity index (χ0v) is 14.1. The maximum absolute atomic E-state index is 12.0. The van der Waals surface area contributed by atoms with Crippen molar-refractivity contribution >= 4 is 62.4 Å². The Morgan fingerprint density at radius 2 is 1.62 bits per heavy atom. The van der Waals surface area contributed by atoms with Crippen LogP contribution >= 0.6 is 23.2 Å². The van der Waals surface area contributed by atoms with Crippen LogP contribution in [0.1, 0.15) is 0 Å². The van der Waals surface area contributed by atoms with Crippen LogP contribution in [0.3, 0.4) is 0 Å². The number of anilines is 1. The summed E-state index contributed by atoms with van der Waals surface area (Å²) in [4.78, 5) is 23.6. The Labute approximate surface area is 148 Å². The molecule has 3 aromatic carbocycles. The van der Waals surface area contributed by atoms with Crippen molar-refractivity contribution in [1.29, 1.82) is 0 Å². The van der Waals surface area contributed by atoms with Gasteiger partial charge in [0.2, 0.25) is 5.91 Å². The fourth-order valence-electron chi connectivity index (χ4n) is 2.49. The first-order valence-corrected chi connectivity index (χ1v) is 8.29. The smallest absolute Gasteiger partial charge is 0.307 e. The Hall–Kier alpha value is -2.30. The van der Waals surface area contributed by atoms with Crippen molar-refractivity contribution < 1.29 is 9.59 Å². The molecule has 0 fully saturated rings. The Kier molecular flexibility index (Phi) is 4.88. The third kappa shape index (κ3) is 3.45. The van der Waals surface area contributed by atoms with Crippen LogP contribution in [-0.4, -0.2) is 23.2 Å². The zero-order valence-electron chi connectivity index (χ0n) is 12.6. The summed E-state index contributed by atoms with van der Waals surface area (Å²) in [5.41, 5.74) is 0.612. The highest BCUT2D eigenvalue weighted by atomic mass is 35.5. The van der Waals surface area contributed by atoms with Gasteiger partial charge in [-0.2, -0.15) is 0 Å². The molecule has 122 valence electrons. The number of rotatable bonds is 3. The molecule has 0 saturated carbocycles. The van der Waals surface area contributed by atoms with Crippen molar-refractivity contribution in [1.82, 2.24) is 5.32 Å². The number of amides is 3. The minimum atomic E-state index is -0.950. The largest absolute Gasteiger partial charge is 0.325 e. The molecule has 3 aromatic rings.